The van der Waals surface area contributed by atoms with E-state index in [0.717, 1.165) is 6.54 Å². The lowest BCUT2D eigenvalue weighted by Gasteiger charge is -2.43. The maximum atomic E-state index is 6.52. The molecule has 0 amide bonds. The van der Waals surface area contributed by atoms with Crippen molar-refractivity contribution < 1.29 is 0 Å². The summed E-state index contributed by atoms with van der Waals surface area (Å²) < 4.78 is 0. The van der Waals surface area contributed by atoms with Crippen LogP contribution in [0.3, 0.4) is 0 Å². The standard InChI is InChI=1S/C18H30N2/c1-13-9-14(2)11-16(10-13)20(5)12-15-7-6-8-18(3,4)17(15)19/h9-11,15,17H,6-8,12,19H2,1-5H3. The summed E-state index contributed by atoms with van der Waals surface area (Å²) in [6.45, 7) is 10.0. The Hall–Kier alpha value is -1.02. The lowest BCUT2D eigenvalue weighted by Crippen LogP contribution is -2.49. The molecule has 1 saturated carbocycles. The van der Waals surface area contributed by atoms with Crippen molar-refractivity contribution in [3.8, 4) is 0 Å². The van der Waals surface area contributed by atoms with E-state index in [4.69, 9.17) is 5.73 Å². The molecule has 0 saturated heterocycles. The van der Waals surface area contributed by atoms with Crippen molar-refractivity contribution >= 4 is 5.69 Å². The molecule has 2 nitrogen and oxygen atoms in total. The quantitative estimate of drug-likeness (QED) is 0.906. The van der Waals surface area contributed by atoms with Crippen LogP contribution in [0.1, 0.15) is 44.2 Å². The molecule has 1 fully saturated rings. The van der Waals surface area contributed by atoms with Gasteiger partial charge in [-0.25, -0.2) is 0 Å². The first-order valence-corrected chi connectivity index (χ1v) is 7.84. The van der Waals surface area contributed by atoms with Gasteiger partial charge in [0.2, 0.25) is 0 Å². The Bertz CT molecular complexity index is 444. The molecule has 0 bridgehead atoms. The number of hydrogen-bond acceptors (Lipinski definition) is 2. The van der Waals surface area contributed by atoms with Crippen LogP contribution in [0.4, 0.5) is 5.69 Å². The molecule has 2 rings (SSSR count). The fourth-order valence-electron chi connectivity index (χ4n) is 3.64. The fraction of sp³-hybridized carbons (Fsp3) is 0.667. The Morgan fingerprint density at radius 2 is 1.80 bits per heavy atom. The van der Waals surface area contributed by atoms with Crippen LogP contribution in [-0.4, -0.2) is 19.6 Å². The summed E-state index contributed by atoms with van der Waals surface area (Å²) in [6, 6.07) is 7.08. The predicted octanol–water partition coefficient (Wildman–Crippen LogP) is 3.89. The number of aryl methyl sites for hydroxylation is 2. The van der Waals surface area contributed by atoms with Crippen molar-refractivity contribution in [3.05, 3.63) is 29.3 Å². The molecular weight excluding hydrogens is 244 g/mol. The van der Waals surface area contributed by atoms with E-state index in [1.165, 1.54) is 36.1 Å². The molecule has 0 aromatic heterocycles. The van der Waals surface area contributed by atoms with Crippen LogP contribution in [0.5, 0.6) is 0 Å². The van der Waals surface area contributed by atoms with E-state index in [1.54, 1.807) is 0 Å². The van der Waals surface area contributed by atoms with Gasteiger partial charge in [-0.05, 0) is 61.3 Å². The van der Waals surface area contributed by atoms with E-state index in [-0.39, 0.29) is 5.41 Å². The van der Waals surface area contributed by atoms with Gasteiger partial charge in [0.25, 0.3) is 0 Å². The molecule has 0 spiro atoms. The zero-order chi connectivity index (χ0) is 14.9. The number of nitrogens with two attached hydrogens (primary N) is 1. The van der Waals surface area contributed by atoms with E-state index >= 15 is 0 Å². The maximum absolute atomic E-state index is 6.52. The lowest BCUT2D eigenvalue weighted by atomic mass is 9.68. The Morgan fingerprint density at radius 3 is 2.40 bits per heavy atom. The van der Waals surface area contributed by atoms with Gasteiger partial charge in [-0.2, -0.15) is 0 Å². The number of hydrogen-bond donors (Lipinski definition) is 1. The normalized spacial score (nSPS) is 25.5. The highest BCUT2D eigenvalue weighted by Crippen LogP contribution is 2.38. The monoisotopic (exact) mass is 274 g/mol. The molecule has 2 unspecified atom stereocenters. The van der Waals surface area contributed by atoms with E-state index in [2.05, 4.69) is 57.8 Å². The summed E-state index contributed by atoms with van der Waals surface area (Å²) in [7, 11) is 2.20. The molecule has 0 radical (unpaired) electrons. The summed E-state index contributed by atoms with van der Waals surface area (Å²) in [5.74, 6) is 0.601. The van der Waals surface area contributed by atoms with E-state index in [9.17, 15) is 0 Å². The third-order valence-electron chi connectivity index (χ3n) is 4.96. The van der Waals surface area contributed by atoms with Crippen molar-refractivity contribution in [3.63, 3.8) is 0 Å². The van der Waals surface area contributed by atoms with Gasteiger partial charge >= 0.3 is 0 Å². The van der Waals surface area contributed by atoms with Gasteiger partial charge in [-0.15, -0.1) is 0 Å². The molecule has 0 aliphatic heterocycles. The highest BCUT2D eigenvalue weighted by Gasteiger charge is 2.36. The number of nitrogens with zero attached hydrogens (tertiary/aromatic N) is 1. The molecule has 1 aromatic carbocycles. The molecule has 1 aliphatic rings. The second-order valence-electron chi connectivity index (χ2n) is 7.39. The Morgan fingerprint density at radius 1 is 1.20 bits per heavy atom. The smallest absolute Gasteiger partial charge is 0.0369 e. The molecule has 2 heteroatoms. The lowest BCUT2D eigenvalue weighted by molar-refractivity contribution is 0.142. The summed E-state index contributed by atoms with van der Waals surface area (Å²) >= 11 is 0. The van der Waals surface area contributed by atoms with Gasteiger partial charge in [-0.3, -0.25) is 0 Å². The average molecular weight is 274 g/mol. The van der Waals surface area contributed by atoms with Gasteiger partial charge in [-0.1, -0.05) is 26.3 Å². The summed E-state index contributed by atoms with van der Waals surface area (Å²) in [4.78, 5) is 2.38. The van der Waals surface area contributed by atoms with Crippen molar-refractivity contribution in [2.24, 2.45) is 17.1 Å². The van der Waals surface area contributed by atoms with Crippen LogP contribution in [-0.2, 0) is 0 Å². The number of anilines is 1. The van der Waals surface area contributed by atoms with Crippen molar-refractivity contribution in [1.82, 2.24) is 0 Å². The third kappa shape index (κ3) is 3.35. The molecule has 1 aliphatic carbocycles. The first kappa shape index (κ1) is 15.4. The van der Waals surface area contributed by atoms with Crippen LogP contribution >= 0.6 is 0 Å². The van der Waals surface area contributed by atoms with Gasteiger partial charge < -0.3 is 10.6 Å². The average Bonchev–Trinajstić information content (AvgIpc) is 2.33. The molecule has 2 N–H and O–H groups in total. The van der Waals surface area contributed by atoms with Gasteiger partial charge in [0.1, 0.15) is 0 Å². The van der Waals surface area contributed by atoms with Crippen molar-refractivity contribution in [2.45, 2.75) is 53.0 Å². The molecular formula is C18H30N2. The minimum atomic E-state index is 0.284. The Labute approximate surface area is 124 Å². The summed E-state index contributed by atoms with van der Waals surface area (Å²) in [6.07, 6.45) is 3.84. The fourth-order valence-corrected chi connectivity index (χ4v) is 3.64. The minimum absolute atomic E-state index is 0.284. The molecule has 0 heterocycles. The van der Waals surface area contributed by atoms with Gasteiger partial charge in [0.15, 0.2) is 0 Å². The number of benzene rings is 1. The second kappa shape index (κ2) is 5.77. The van der Waals surface area contributed by atoms with Crippen LogP contribution < -0.4 is 10.6 Å². The topological polar surface area (TPSA) is 29.3 Å². The van der Waals surface area contributed by atoms with E-state index < -0.39 is 0 Å². The van der Waals surface area contributed by atoms with E-state index in [1.807, 2.05) is 0 Å². The minimum Gasteiger partial charge on any atom is -0.374 e. The van der Waals surface area contributed by atoms with Gasteiger partial charge in [0, 0.05) is 25.3 Å². The second-order valence-corrected chi connectivity index (χ2v) is 7.39. The Kier molecular flexibility index (Phi) is 4.43. The highest BCUT2D eigenvalue weighted by atomic mass is 15.1. The van der Waals surface area contributed by atoms with Crippen molar-refractivity contribution in [1.29, 1.82) is 0 Å². The first-order chi connectivity index (χ1) is 9.29. The van der Waals surface area contributed by atoms with E-state index in [0.29, 0.717) is 12.0 Å². The van der Waals surface area contributed by atoms with Crippen LogP contribution in [0.15, 0.2) is 18.2 Å². The van der Waals surface area contributed by atoms with Crippen LogP contribution in [0.2, 0.25) is 0 Å². The first-order valence-electron chi connectivity index (χ1n) is 7.84. The summed E-state index contributed by atoms with van der Waals surface area (Å²) in [5, 5.41) is 0. The van der Waals surface area contributed by atoms with Gasteiger partial charge in [0.05, 0.1) is 0 Å². The SMILES string of the molecule is Cc1cc(C)cc(N(C)CC2CCCC(C)(C)C2N)c1. The van der Waals surface area contributed by atoms with Crippen molar-refractivity contribution in [2.75, 3.05) is 18.5 Å². The van der Waals surface area contributed by atoms with Crippen LogP contribution in [0.25, 0.3) is 0 Å². The highest BCUT2D eigenvalue weighted by molar-refractivity contribution is 5.50. The predicted molar refractivity (Wildman–Crippen MR) is 88.3 cm³/mol. The molecule has 112 valence electrons. The summed E-state index contributed by atoms with van der Waals surface area (Å²) in [5.41, 5.74) is 10.8. The molecule has 2 atom stereocenters. The maximum Gasteiger partial charge on any atom is 0.0369 e. The largest absolute Gasteiger partial charge is 0.374 e. The zero-order valence-electron chi connectivity index (χ0n) is 13.7. The molecule has 20 heavy (non-hydrogen) atoms. The third-order valence-corrected chi connectivity index (χ3v) is 4.96. The van der Waals surface area contributed by atoms with Crippen LogP contribution in [0, 0.1) is 25.2 Å². The zero-order valence-corrected chi connectivity index (χ0v) is 13.7. The number of rotatable bonds is 3. The molecule has 1 aromatic rings. The Balaban J connectivity index is 2.09.